The van der Waals surface area contributed by atoms with E-state index < -0.39 is 0 Å². The number of nitrogens with zero attached hydrogens (tertiary/aromatic N) is 5. The van der Waals surface area contributed by atoms with Crippen LogP contribution in [0.4, 0.5) is 15.8 Å². The summed E-state index contributed by atoms with van der Waals surface area (Å²) in [4.78, 5) is 22.5. The van der Waals surface area contributed by atoms with Gasteiger partial charge in [0, 0.05) is 76.8 Å². The number of hydrogen-bond donors (Lipinski definition) is 0. The fraction of sp³-hybridized carbons (Fsp3) is 0.414. The Balaban J connectivity index is 1.22. The largest absolute Gasteiger partial charge is 0.368 e. The van der Waals surface area contributed by atoms with Crippen LogP contribution in [0.1, 0.15) is 28.7 Å². The number of halogens is 2. The van der Waals surface area contributed by atoms with Crippen molar-refractivity contribution in [3.05, 3.63) is 82.4 Å². The Kier molecular flexibility index (Phi) is 7.45. The number of hydrogen-bond acceptors (Lipinski definition) is 4. The van der Waals surface area contributed by atoms with E-state index in [2.05, 4.69) is 40.7 Å². The fourth-order valence-corrected chi connectivity index (χ4v) is 5.79. The number of carbonyl (C=O) groups is 1. The molecule has 2 fully saturated rings. The second kappa shape index (κ2) is 10.8. The summed E-state index contributed by atoms with van der Waals surface area (Å²) in [7, 11) is 1.98. The minimum atomic E-state index is -0.235. The van der Waals surface area contributed by atoms with Gasteiger partial charge in [-0.25, -0.2) is 4.39 Å². The van der Waals surface area contributed by atoms with Gasteiger partial charge in [-0.1, -0.05) is 29.8 Å². The molecular formula is C29H35ClFN5O. The third-order valence-electron chi connectivity index (χ3n) is 7.88. The van der Waals surface area contributed by atoms with E-state index in [1.54, 1.807) is 12.1 Å². The van der Waals surface area contributed by atoms with Crippen LogP contribution in [0, 0.1) is 12.7 Å². The van der Waals surface area contributed by atoms with Gasteiger partial charge in [0.1, 0.15) is 11.5 Å². The summed E-state index contributed by atoms with van der Waals surface area (Å²) in [6.45, 7) is 10.7. The predicted molar refractivity (Wildman–Crippen MR) is 148 cm³/mol. The molecule has 5 rings (SSSR count). The highest BCUT2D eigenvalue weighted by Crippen LogP contribution is 2.27. The summed E-state index contributed by atoms with van der Waals surface area (Å²) in [6, 6.07) is 16.8. The van der Waals surface area contributed by atoms with Gasteiger partial charge in [0.05, 0.1) is 10.7 Å². The van der Waals surface area contributed by atoms with E-state index in [-0.39, 0.29) is 17.8 Å². The molecule has 8 heteroatoms. The number of benzene rings is 2. The van der Waals surface area contributed by atoms with Gasteiger partial charge >= 0.3 is 0 Å². The average molecular weight is 524 g/mol. The molecule has 0 unspecified atom stereocenters. The van der Waals surface area contributed by atoms with Crippen LogP contribution in [0.5, 0.6) is 0 Å². The second-order valence-corrected chi connectivity index (χ2v) is 10.6. The van der Waals surface area contributed by atoms with E-state index >= 15 is 0 Å². The van der Waals surface area contributed by atoms with Crippen molar-refractivity contribution in [2.24, 2.45) is 7.05 Å². The number of para-hydroxylation sites is 1. The van der Waals surface area contributed by atoms with Gasteiger partial charge in [0.15, 0.2) is 0 Å². The van der Waals surface area contributed by atoms with Gasteiger partial charge in [0.25, 0.3) is 5.91 Å². The van der Waals surface area contributed by atoms with Crippen LogP contribution in [-0.2, 0) is 13.6 Å². The van der Waals surface area contributed by atoms with Crippen LogP contribution < -0.4 is 9.80 Å². The normalized spacial score (nSPS) is 18.9. The van der Waals surface area contributed by atoms with Crippen molar-refractivity contribution >= 4 is 28.9 Å². The fourth-order valence-electron chi connectivity index (χ4n) is 5.54. The predicted octanol–water partition coefficient (Wildman–Crippen LogP) is 4.80. The third-order valence-corrected chi connectivity index (χ3v) is 8.20. The monoisotopic (exact) mass is 523 g/mol. The first-order valence-corrected chi connectivity index (χ1v) is 13.4. The first-order chi connectivity index (χ1) is 17.8. The Morgan fingerprint density at radius 3 is 2.41 bits per heavy atom. The van der Waals surface area contributed by atoms with Crippen molar-refractivity contribution in [1.82, 2.24) is 14.4 Å². The molecule has 1 atom stereocenters. The van der Waals surface area contributed by atoms with Gasteiger partial charge in [-0.3, -0.25) is 9.69 Å². The Morgan fingerprint density at radius 1 is 0.973 bits per heavy atom. The number of rotatable bonds is 5. The Morgan fingerprint density at radius 2 is 1.70 bits per heavy atom. The lowest BCUT2D eigenvalue weighted by Gasteiger charge is -2.41. The summed E-state index contributed by atoms with van der Waals surface area (Å²) < 4.78 is 15.7. The van der Waals surface area contributed by atoms with Crippen molar-refractivity contribution in [2.75, 3.05) is 55.6 Å². The van der Waals surface area contributed by atoms with Gasteiger partial charge in [-0.05, 0) is 55.8 Å². The molecule has 3 heterocycles. The quantitative estimate of drug-likeness (QED) is 0.481. The first kappa shape index (κ1) is 25.6. The third kappa shape index (κ3) is 5.34. The van der Waals surface area contributed by atoms with Crippen LogP contribution in [0.2, 0.25) is 5.02 Å². The molecule has 2 aromatic carbocycles. The highest BCUT2D eigenvalue weighted by molar-refractivity contribution is 6.33. The van der Waals surface area contributed by atoms with E-state index in [0.29, 0.717) is 19.6 Å². The molecule has 1 aromatic heterocycles. The molecule has 0 radical (unpaired) electrons. The molecule has 0 bridgehead atoms. The van der Waals surface area contributed by atoms with Crippen LogP contribution >= 0.6 is 11.6 Å². The summed E-state index contributed by atoms with van der Waals surface area (Å²) in [5, 5.41) is 0.795. The van der Waals surface area contributed by atoms with Gasteiger partial charge < -0.3 is 19.3 Å². The second-order valence-electron chi connectivity index (χ2n) is 10.2. The van der Waals surface area contributed by atoms with Crippen molar-refractivity contribution in [1.29, 1.82) is 0 Å². The molecular weight excluding hydrogens is 489 g/mol. The molecule has 0 aliphatic carbocycles. The summed E-state index contributed by atoms with van der Waals surface area (Å²) in [5.74, 6) is -0.174. The van der Waals surface area contributed by atoms with E-state index in [4.69, 9.17) is 11.6 Å². The van der Waals surface area contributed by atoms with Crippen LogP contribution in [-0.4, -0.2) is 72.1 Å². The molecule has 0 spiro atoms. The Hall–Kier alpha value is -3.03. The molecule has 196 valence electrons. The van der Waals surface area contributed by atoms with Crippen LogP contribution in [0.3, 0.4) is 0 Å². The maximum atomic E-state index is 13.7. The molecule has 2 saturated heterocycles. The minimum Gasteiger partial charge on any atom is -0.368 e. The standard InChI is InChI=1S/C29H35ClFN5O/c1-21-19-35(25-8-6-7-24(31)18-25)15-16-36(21)29(37)28-17-23(22(2)32(28)3)20-33-11-13-34(14-12-33)27-10-5-4-9-26(27)30/h4-10,17-18,21H,11-16,19-20H2,1-3H3/t21-/m0/s1. The molecule has 6 nitrogen and oxygen atoms in total. The number of anilines is 2. The van der Waals surface area contributed by atoms with Gasteiger partial charge in [0.2, 0.25) is 0 Å². The average Bonchev–Trinajstić information content (AvgIpc) is 3.17. The lowest BCUT2D eigenvalue weighted by molar-refractivity contribution is 0.0664. The summed E-state index contributed by atoms with van der Waals surface area (Å²) in [6.07, 6.45) is 0. The Labute approximate surface area is 223 Å². The van der Waals surface area contributed by atoms with E-state index in [0.717, 1.165) is 60.5 Å². The molecule has 0 saturated carbocycles. The maximum Gasteiger partial charge on any atom is 0.270 e. The van der Waals surface area contributed by atoms with E-state index in [1.165, 1.54) is 11.6 Å². The topological polar surface area (TPSA) is 35.0 Å². The number of piperazine rings is 2. The van der Waals surface area contributed by atoms with Crippen LogP contribution in [0.25, 0.3) is 0 Å². The smallest absolute Gasteiger partial charge is 0.270 e. The lowest BCUT2D eigenvalue weighted by Crippen LogP contribution is -2.54. The zero-order chi connectivity index (χ0) is 26.1. The van der Waals surface area contributed by atoms with Crippen LogP contribution in [0.15, 0.2) is 54.6 Å². The summed E-state index contributed by atoms with van der Waals surface area (Å²) >= 11 is 6.40. The summed E-state index contributed by atoms with van der Waals surface area (Å²) in [5.41, 5.74) is 5.02. The van der Waals surface area contributed by atoms with E-state index in [1.807, 2.05) is 40.8 Å². The molecule has 37 heavy (non-hydrogen) atoms. The highest BCUT2D eigenvalue weighted by Gasteiger charge is 2.31. The van der Waals surface area contributed by atoms with Crippen molar-refractivity contribution in [3.8, 4) is 0 Å². The lowest BCUT2D eigenvalue weighted by atomic mass is 10.1. The maximum absolute atomic E-state index is 13.7. The molecule has 2 aliphatic heterocycles. The van der Waals surface area contributed by atoms with Crippen molar-refractivity contribution in [3.63, 3.8) is 0 Å². The Bertz CT molecular complexity index is 1270. The highest BCUT2D eigenvalue weighted by atomic mass is 35.5. The van der Waals surface area contributed by atoms with Crippen molar-refractivity contribution in [2.45, 2.75) is 26.4 Å². The zero-order valence-corrected chi connectivity index (χ0v) is 22.6. The SMILES string of the molecule is Cc1c(CN2CCN(c3ccccc3Cl)CC2)cc(C(=O)N2CCN(c3cccc(F)c3)C[C@@H]2C)n1C. The number of amides is 1. The number of carbonyl (C=O) groups excluding carboxylic acids is 1. The molecule has 0 N–H and O–H groups in total. The van der Waals surface area contributed by atoms with Gasteiger partial charge in [-0.15, -0.1) is 0 Å². The number of aromatic nitrogens is 1. The van der Waals surface area contributed by atoms with E-state index in [9.17, 15) is 9.18 Å². The zero-order valence-electron chi connectivity index (χ0n) is 21.8. The first-order valence-electron chi connectivity index (χ1n) is 13.0. The van der Waals surface area contributed by atoms with Crippen molar-refractivity contribution < 1.29 is 9.18 Å². The molecule has 1 amide bonds. The van der Waals surface area contributed by atoms with Gasteiger partial charge in [-0.2, -0.15) is 0 Å². The molecule has 3 aromatic rings. The molecule has 2 aliphatic rings. The minimum absolute atomic E-state index is 0.0288.